The summed E-state index contributed by atoms with van der Waals surface area (Å²) in [5.74, 6) is 0.0509. The highest BCUT2D eigenvalue weighted by Gasteiger charge is 2.21. The van der Waals surface area contributed by atoms with E-state index in [-0.39, 0.29) is 30.7 Å². The molecule has 0 saturated carbocycles. The number of halogens is 2. The van der Waals surface area contributed by atoms with Crippen LogP contribution in [0, 0.1) is 0 Å². The zero-order valence-electron chi connectivity index (χ0n) is 12.2. The normalized spacial score (nSPS) is 20.3. The van der Waals surface area contributed by atoms with Crippen molar-refractivity contribution in [2.45, 2.75) is 32.0 Å². The Labute approximate surface area is 138 Å². The van der Waals surface area contributed by atoms with Crippen LogP contribution in [-0.4, -0.2) is 37.0 Å². The summed E-state index contributed by atoms with van der Waals surface area (Å²) in [7, 11) is 2.13. The van der Waals surface area contributed by atoms with E-state index < -0.39 is 0 Å². The maximum atomic E-state index is 12.2. The smallest absolute Gasteiger partial charge is 0.251 e. The minimum Gasteiger partial charge on any atom is -0.350 e. The van der Waals surface area contributed by atoms with E-state index >= 15 is 0 Å². The van der Waals surface area contributed by atoms with Crippen LogP contribution in [0.2, 0.25) is 0 Å². The average Bonchev–Trinajstić information content (AvgIpc) is 3.03. The standard InChI is InChI=1S/C15H21N3O.2ClH/c1-18-6-2-3-14(18)10-17-15(19)11-4-5-12-8-16-9-13(12)7-11;;/h4-5,7,14,16H,2-3,6,8-10H2,1H3,(H,17,19);2*1H. The molecule has 3 rings (SSSR count). The first-order valence-electron chi connectivity index (χ1n) is 7.05. The molecular formula is C15H23Cl2N3O. The van der Waals surface area contributed by atoms with Gasteiger partial charge in [0.15, 0.2) is 0 Å². The molecule has 1 unspecified atom stereocenters. The molecule has 2 N–H and O–H groups in total. The second-order valence-corrected chi connectivity index (χ2v) is 5.57. The Morgan fingerprint density at radius 1 is 1.33 bits per heavy atom. The van der Waals surface area contributed by atoms with Crippen molar-refractivity contribution < 1.29 is 4.79 Å². The van der Waals surface area contributed by atoms with Gasteiger partial charge in [-0.2, -0.15) is 0 Å². The largest absolute Gasteiger partial charge is 0.350 e. The minimum atomic E-state index is 0. The van der Waals surface area contributed by atoms with Crippen molar-refractivity contribution in [1.29, 1.82) is 0 Å². The van der Waals surface area contributed by atoms with Crippen LogP contribution in [0.3, 0.4) is 0 Å². The van der Waals surface area contributed by atoms with Crippen LogP contribution in [0.4, 0.5) is 0 Å². The summed E-state index contributed by atoms with van der Waals surface area (Å²) in [5.41, 5.74) is 3.35. The molecule has 2 aliphatic heterocycles. The molecule has 1 aromatic rings. The summed E-state index contributed by atoms with van der Waals surface area (Å²) in [6.07, 6.45) is 2.42. The first kappa shape index (κ1) is 18.2. The third kappa shape index (κ3) is 4.10. The fourth-order valence-corrected chi connectivity index (χ4v) is 2.99. The number of nitrogens with one attached hydrogen (secondary N) is 2. The van der Waals surface area contributed by atoms with E-state index in [9.17, 15) is 4.79 Å². The molecule has 118 valence electrons. The van der Waals surface area contributed by atoms with Crippen molar-refractivity contribution in [2.75, 3.05) is 20.1 Å². The molecule has 1 saturated heterocycles. The average molecular weight is 332 g/mol. The van der Waals surface area contributed by atoms with Crippen molar-refractivity contribution in [1.82, 2.24) is 15.5 Å². The summed E-state index contributed by atoms with van der Waals surface area (Å²) >= 11 is 0. The maximum absolute atomic E-state index is 12.2. The molecule has 1 atom stereocenters. The van der Waals surface area contributed by atoms with Gasteiger partial charge in [-0.3, -0.25) is 4.79 Å². The summed E-state index contributed by atoms with van der Waals surface area (Å²) in [6, 6.07) is 6.51. The fourth-order valence-electron chi connectivity index (χ4n) is 2.99. The summed E-state index contributed by atoms with van der Waals surface area (Å²) in [4.78, 5) is 14.5. The predicted molar refractivity (Wildman–Crippen MR) is 89.5 cm³/mol. The van der Waals surface area contributed by atoms with E-state index in [2.05, 4.69) is 28.6 Å². The number of benzene rings is 1. The first-order valence-corrected chi connectivity index (χ1v) is 7.05. The van der Waals surface area contributed by atoms with Crippen molar-refractivity contribution in [3.63, 3.8) is 0 Å². The Balaban J connectivity index is 0.00000110. The maximum Gasteiger partial charge on any atom is 0.251 e. The number of carbonyl (C=O) groups is 1. The molecular weight excluding hydrogens is 309 g/mol. The molecule has 0 aliphatic carbocycles. The quantitative estimate of drug-likeness (QED) is 0.889. The number of fused-ring (bicyclic) bond motifs is 1. The highest BCUT2D eigenvalue weighted by Crippen LogP contribution is 2.17. The fraction of sp³-hybridized carbons (Fsp3) is 0.533. The van der Waals surface area contributed by atoms with Gasteiger partial charge in [0.2, 0.25) is 0 Å². The number of nitrogens with zero attached hydrogens (tertiary/aromatic N) is 1. The van der Waals surface area contributed by atoms with Gasteiger partial charge in [0.05, 0.1) is 0 Å². The second-order valence-electron chi connectivity index (χ2n) is 5.57. The Morgan fingerprint density at radius 3 is 2.81 bits per heavy atom. The number of likely N-dealkylation sites (tertiary alicyclic amines) is 1. The van der Waals surface area contributed by atoms with Crippen LogP contribution < -0.4 is 10.6 Å². The van der Waals surface area contributed by atoms with Gasteiger partial charge in [0.1, 0.15) is 0 Å². The minimum absolute atomic E-state index is 0. The van der Waals surface area contributed by atoms with Crippen LogP contribution in [0.5, 0.6) is 0 Å². The van der Waals surface area contributed by atoms with E-state index in [1.54, 1.807) is 0 Å². The van der Waals surface area contributed by atoms with E-state index in [4.69, 9.17) is 0 Å². The molecule has 0 aromatic heterocycles. The molecule has 1 amide bonds. The van der Waals surface area contributed by atoms with Crippen LogP contribution in [0.15, 0.2) is 18.2 Å². The highest BCUT2D eigenvalue weighted by molar-refractivity contribution is 5.94. The van der Waals surface area contributed by atoms with Gasteiger partial charge in [-0.15, -0.1) is 24.8 Å². The van der Waals surface area contributed by atoms with Gasteiger partial charge in [-0.1, -0.05) is 6.07 Å². The number of hydrogen-bond acceptors (Lipinski definition) is 3. The monoisotopic (exact) mass is 331 g/mol. The highest BCUT2D eigenvalue weighted by atomic mass is 35.5. The Hall–Kier alpha value is -0.810. The SMILES string of the molecule is CN1CCCC1CNC(=O)c1ccc2c(c1)CNC2.Cl.Cl. The predicted octanol–water partition coefficient (Wildman–Crippen LogP) is 1.96. The molecule has 0 radical (unpaired) electrons. The van der Waals surface area contributed by atoms with E-state index in [1.165, 1.54) is 24.0 Å². The number of hydrogen-bond donors (Lipinski definition) is 2. The van der Waals surface area contributed by atoms with Gasteiger partial charge < -0.3 is 15.5 Å². The van der Waals surface area contributed by atoms with Gasteiger partial charge in [-0.05, 0) is 49.7 Å². The van der Waals surface area contributed by atoms with Gasteiger partial charge in [0, 0.05) is 31.2 Å². The van der Waals surface area contributed by atoms with Gasteiger partial charge in [-0.25, -0.2) is 0 Å². The Bertz CT molecular complexity index is 496. The van der Waals surface area contributed by atoms with Crippen LogP contribution in [0.25, 0.3) is 0 Å². The Kier molecular flexibility index (Phi) is 6.94. The molecule has 6 heteroatoms. The number of amides is 1. The third-order valence-corrected chi connectivity index (χ3v) is 4.27. The number of likely N-dealkylation sites (N-methyl/N-ethyl adjacent to an activating group) is 1. The zero-order valence-corrected chi connectivity index (χ0v) is 13.9. The molecule has 0 bridgehead atoms. The Morgan fingerprint density at radius 2 is 2.10 bits per heavy atom. The first-order chi connectivity index (χ1) is 9.24. The molecule has 2 heterocycles. The van der Waals surface area contributed by atoms with Crippen LogP contribution in [-0.2, 0) is 13.1 Å². The lowest BCUT2D eigenvalue weighted by Gasteiger charge is -2.19. The van der Waals surface area contributed by atoms with Crippen molar-refractivity contribution >= 4 is 30.7 Å². The second kappa shape index (κ2) is 7.99. The number of rotatable bonds is 3. The van der Waals surface area contributed by atoms with Crippen molar-refractivity contribution in [3.05, 3.63) is 34.9 Å². The van der Waals surface area contributed by atoms with Crippen LogP contribution in [0.1, 0.15) is 34.3 Å². The lowest BCUT2D eigenvalue weighted by molar-refractivity contribution is 0.0943. The molecule has 4 nitrogen and oxygen atoms in total. The summed E-state index contributed by atoms with van der Waals surface area (Å²) in [6.45, 7) is 3.70. The lowest BCUT2D eigenvalue weighted by atomic mass is 10.1. The molecule has 2 aliphatic rings. The summed E-state index contributed by atoms with van der Waals surface area (Å²) < 4.78 is 0. The molecule has 1 fully saturated rings. The molecule has 1 aromatic carbocycles. The van der Waals surface area contributed by atoms with Crippen LogP contribution >= 0.6 is 24.8 Å². The summed E-state index contributed by atoms with van der Waals surface area (Å²) in [5, 5.41) is 6.36. The lowest BCUT2D eigenvalue weighted by Crippen LogP contribution is -2.38. The number of carbonyl (C=O) groups excluding carboxylic acids is 1. The van der Waals surface area contributed by atoms with Crippen molar-refractivity contribution in [3.8, 4) is 0 Å². The van der Waals surface area contributed by atoms with E-state index in [1.807, 2.05) is 12.1 Å². The van der Waals surface area contributed by atoms with Gasteiger partial charge in [0.25, 0.3) is 5.91 Å². The zero-order chi connectivity index (χ0) is 13.2. The molecule has 0 spiro atoms. The van der Waals surface area contributed by atoms with Gasteiger partial charge >= 0.3 is 0 Å². The third-order valence-electron chi connectivity index (χ3n) is 4.27. The topological polar surface area (TPSA) is 44.4 Å². The van der Waals surface area contributed by atoms with E-state index in [0.717, 1.165) is 31.7 Å². The molecule has 21 heavy (non-hydrogen) atoms. The van der Waals surface area contributed by atoms with E-state index in [0.29, 0.717) is 6.04 Å². The van der Waals surface area contributed by atoms with Crippen molar-refractivity contribution in [2.24, 2.45) is 0 Å².